The zero-order valence-corrected chi connectivity index (χ0v) is 12.6. The Kier molecular flexibility index (Phi) is 2.62. The summed E-state index contributed by atoms with van der Waals surface area (Å²) in [4.78, 5) is 26.8. The number of rotatable bonds is 1. The van der Waals surface area contributed by atoms with Crippen LogP contribution in [0.5, 0.6) is 0 Å². The molecule has 0 unspecified atom stereocenters. The monoisotopic (exact) mass is 301 g/mol. The topological polar surface area (TPSA) is 37.4 Å². The number of halogens is 1. The van der Waals surface area contributed by atoms with Gasteiger partial charge in [0, 0.05) is 11.4 Å². The SMILES string of the molecule is Cc1ccc(N2C(=O)C[C@]3(C[C@@H]4C=C[C@@H]3C4)C2=O)cc1Cl. The molecule has 1 saturated carbocycles. The second-order valence-electron chi connectivity index (χ2n) is 6.49. The summed E-state index contributed by atoms with van der Waals surface area (Å²) < 4.78 is 0. The highest BCUT2D eigenvalue weighted by Gasteiger charge is 2.60. The third-order valence-electron chi connectivity index (χ3n) is 5.27. The first-order valence-corrected chi connectivity index (χ1v) is 7.71. The lowest BCUT2D eigenvalue weighted by atomic mass is 9.74. The Bertz CT molecular complexity index is 696. The Hall–Kier alpha value is -1.61. The normalized spacial score (nSPS) is 33.7. The Morgan fingerprint density at radius 2 is 2.10 bits per heavy atom. The number of hydrogen-bond acceptors (Lipinski definition) is 2. The van der Waals surface area contributed by atoms with Crippen molar-refractivity contribution in [2.24, 2.45) is 17.3 Å². The van der Waals surface area contributed by atoms with Crippen molar-refractivity contribution < 1.29 is 9.59 Å². The molecule has 3 atom stereocenters. The van der Waals surface area contributed by atoms with Gasteiger partial charge in [-0.05, 0) is 49.3 Å². The van der Waals surface area contributed by atoms with Crippen molar-refractivity contribution in [3.8, 4) is 0 Å². The summed E-state index contributed by atoms with van der Waals surface area (Å²) in [5.74, 6) is 0.559. The van der Waals surface area contributed by atoms with Gasteiger partial charge >= 0.3 is 0 Å². The van der Waals surface area contributed by atoms with Crippen LogP contribution in [0.4, 0.5) is 5.69 Å². The Balaban J connectivity index is 1.74. The van der Waals surface area contributed by atoms with Crippen LogP contribution in [-0.2, 0) is 9.59 Å². The molecule has 1 aliphatic heterocycles. The lowest BCUT2D eigenvalue weighted by Gasteiger charge is -2.28. The molecule has 1 heterocycles. The van der Waals surface area contributed by atoms with Gasteiger partial charge in [0.15, 0.2) is 0 Å². The van der Waals surface area contributed by atoms with Crippen LogP contribution in [-0.4, -0.2) is 11.8 Å². The first kappa shape index (κ1) is 13.1. The van der Waals surface area contributed by atoms with Gasteiger partial charge in [-0.25, -0.2) is 4.90 Å². The predicted molar refractivity (Wildman–Crippen MR) is 81.1 cm³/mol. The molecular weight excluding hydrogens is 286 g/mol. The molecule has 0 N–H and O–H groups in total. The van der Waals surface area contributed by atoms with E-state index in [2.05, 4.69) is 12.2 Å². The molecule has 2 aliphatic carbocycles. The predicted octanol–water partition coefficient (Wildman–Crippen LogP) is 3.49. The minimum Gasteiger partial charge on any atom is -0.274 e. The molecule has 21 heavy (non-hydrogen) atoms. The van der Waals surface area contributed by atoms with Crippen LogP contribution in [0.2, 0.25) is 5.02 Å². The average Bonchev–Trinajstić information content (AvgIpc) is 3.09. The van der Waals surface area contributed by atoms with E-state index in [9.17, 15) is 9.59 Å². The standard InChI is InChI=1S/C17H16ClNO2/c1-10-2-5-13(7-14(10)18)19-15(20)9-17(16(19)21)8-11-3-4-12(17)6-11/h2-5,7,11-12H,6,8-9H2,1H3/t11-,12-,17+/m1/s1. The maximum Gasteiger partial charge on any atom is 0.241 e. The van der Waals surface area contributed by atoms with Crippen molar-refractivity contribution in [3.05, 3.63) is 40.9 Å². The van der Waals surface area contributed by atoms with Crippen LogP contribution in [0.1, 0.15) is 24.8 Å². The van der Waals surface area contributed by atoms with Crippen LogP contribution in [0.25, 0.3) is 0 Å². The van der Waals surface area contributed by atoms with Crippen LogP contribution in [0, 0.1) is 24.2 Å². The number of allylic oxidation sites excluding steroid dienone is 2. The van der Waals surface area contributed by atoms with Crippen LogP contribution < -0.4 is 4.90 Å². The maximum absolute atomic E-state index is 13.0. The van der Waals surface area contributed by atoms with E-state index in [-0.39, 0.29) is 17.7 Å². The fourth-order valence-electron chi connectivity index (χ4n) is 4.15. The fourth-order valence-corrected chi connectivity index (χ4v) is 4.32. The molecule has 4 heteroatoms. The molecule has 2 amide bonds. The number of carbonyl (C=O) groups excluding carboxylic acids is 2. The Labute approximate surface area is 128 Å². The summed E-state index contributed by atoms with van der Waals surface area (Å²) >= 11 is 6.14. The third kappa shape index (κ3) is 1.67. The molecular formula is C17H16ClNO2. The van der Waals surface area contributed by atoms with Gasteiger partial charge < -0.3 is 0 Å². The molecule has 0 aromatic heterocycles. The van der Waals surface area contributed by atoms with Gasteiger partial charge in [-0.2, -0.15) is 0 Å². The first-order valence-electron chi connectivity index (χ1n) is 7.33. The molecule has 3 nitrogen and oxygen atoms in total. The zero-order chi connectivity index (χ0) is 14.8. The van der Waals surface area contributed by atoms with Crippen LogP contribution in [0.3, 0.4) is 0 Å². The third-order valence-corrected chi connectivity index (χ3v) is 5.67. The number of imide groups is 1. The van der Waals surface area contributed by atoms with Crippen molar-refractivity contribution in [2.75, 3.05) is 4.90 Å². The summed E-state index contributed by atoms with van der Waals surface area (Å²) in [6.07, 6.45) is 6.49. The molecule has 1 aromatic carbocycles. The van der Waals surface area contributed by atoms with Crippen molar-refractivity contribution in [1.29, 1.82) is 0 Å². The highest BCUT2D eigenvalue weighted by atomic mass is 35.5. The number of anilines is 1. The minimum atomic E-state index is -0.492. The smallest absolute Gasteiger partial charge is 0.241 e. The van der Waals surface area contributed by atoms with E-state index in [4.69, 9.17) is 11.6 Å². The first-order chi connectivity index (χ1) is 10.0. The number of amides is 2. The minimum absolute atomic E-state index is 0.0377. The van der Waals surface area contributed by atoms with Gasteiger partial charge in [0.05, 0.1) is 11.1 Å². The number of nitrogens with zero attached hydrogens (tertiary/aromatic N) is 1. The number of hydrogen-bond donors (Lipinski definition) is 0. The van der Waals surface area contributed by atoms with E-state index in [0.29, 0.717) is 23.0 Å². The molecule has 108 valence electrons. The average molecular weight is 302 g/mol. The molecule has 4 rings (SSSR count). The van der Waals surface area contributed by atoms with Gasteiger partial charge in [-0.1, -0.05) is 29.8 Å². The van der Waals surface area contributed by atoms with Crippen molar-refractivity contribution in [3.63, 3.8) is 0 Å². The summed E-state index contributed by atoms with van der Waals surface area (Å²) in [6.45, 7) is 1.90. The Morgan fingerprint density at radius 3 is 2.71 bits per heavy atom. The summed E-state index contributed by atoms with van der Waals surface area (Å²) in [6, 6.07) is 5.37. The van der Waals surface area contributed by atoms with Crippen LogP contribution >= 0.6 is 11.6 Å². The van der Waals surface area contributed by atoms with Gasteiger partial charge in [0.25, 0.3) is 0 Å². The number of aryl methyl sites for hydroxylation is 1. The summed E-state index contributed by atoms with van der Waals surface area (Å²) in [5.41, 5.74) is 1.05. The lowest BCUT2D eigenvalue weighted by molar-refractivity contribution is -0.126. The van der Waals surface area contributed by atoms with E-state index < -0.39 is 5.41 Å². The van der Waals surface area contributed by atoms with E-state index >= 15 is 0 Å². The highest BCUT2D eigenvalue weighted by molar-refractivity contribution is 6.32. The van der Waals surface area contributed by atoms with Gasteiger partial charge in [0.2, 0.25) is 11.8 Å². The van der Waals surface area contributed by atoms with E-state index in [0.717, 1.165) is 18.4 Å². The maximum atomic E-state index is 13.0. The highest BCUT2D eigenvalue weighted by Crippen LogP contribution is 2.57. The number of carbonyl (C=O) groups is 2. The van der Waals surface area contributed by atoms with E-state index in [1.54, 1.807) is 12.1 Å². The van der Waals surface area contributed by atoms with Crippen molar-refractivity contribution in [2.45, 2.75) is 26.2 Å². The zero-order valence-electron chi connectivity index (χ0n) is 11.8. The fraction of sp³-hybridized carbons (Fsp3) is 0.412. The largest absolute Gasteiger partial charge is 0.274 e. The molecule has 0 radical (unpaired) electrons. The van der Waals surface area contributed by atoms with Crippen LogP contribution in [0.15, 0.2) is 30.4 Å². The lowest BCUT2D eigenvalue weighted by Crippen LogP contribution is -2.38. The Morgan fingerprint density at radius 1 is 1.29 bits per heavy atom. The number of fused-ring (bicyclic) bond motifs is 3. The molecule has 3 aliphatic rings. The van der Waals surface area contributed by atoms with Crippen molar-refractivity contribution >= 4 is 29.1 Å². The molecule has 1 aromatic rings. The summed E-state index contributed by atoms with van der Waals surface area (Å²) in [7, 11) is 0. The van der Waals surface area contributed by atoms with Gasteiger partial charge in [0.1, 0.15) is 0 Å². The number of benzene rings is 1. The van der Waals surface area contributed by atoms with E-state index in [1.165, 1.54) is 4.90 Å². The van der Waals surface area contributed by atoms with E-state index in [1.807, 2.05) is 13.0 Å². The second kappa shape index (κ2) is 4.20. The molecule has 2 fully saturated rings. The molecule has 1 saturated heterocycles. The molecule has 2 bridgehead atoms. The second-order valence-corrected chi connectivity index (χ2v) is 6.90. The van der Waals surface area contributed by atoms with Gasteiger partial charge in [-0.15, -0.1) is 0 Å². The van der Waals surface area contributed by atoms with Gasteiger partial charge in [-0.3, -0.25) is 9.59 Å². The quantitative estimate of drug-likeness (QED) is 0.588. The van der Waals surface area contributed by atoms with Crippen molar-refractivity contribution in [1.82, 2.24) is 0 Å². The molecule has 1 spiro atoms. The summed E-state index contributed by atoms with van der Waals surface area (Å²) in [5, 5.41) is 0.585.